The van der Waals surface area contributed by atoms with E-state index in [0.29, 0.717) is 5.41 Å². The van der Waals surface area contributed by atoms with E-state index in [2.05, 4.69) is 26.1 Å². The van der Waals surface area contributed by atoms with E-state index in [1.54, 1.807) is 0 Å². The molecule has 15 heavy (non-hydrogen) atoms. The topological polar surface area (TPSA) is 12.0 Å². The molecule has 0 atom stereocenters. The molecule has 0 bridgehead atoms. The average Bonchev–Trinajstić information content (AvgIpc) is 2.63. The van der Waals surface area contributed by atoms with E-state index in [4.69, 9.17) is 0 Å². The van der Waals surface area contributed by atoms with Crippen LogP contribution in [0.2, 0.25) is 0 Å². The van der Waals surface area contributed by atoms with Gasteiger partial charge in [0.2, 0.25) is 0 Å². The van der Waals surface area contributed by atoms with Gasteiger partial charge in [0.15, 0.2) is 0 Å². The Bertz CT molecular complexity index is 153. The molecule has 1 nitrogen and oxygen atoms in total. The van der Waals surface area contributed by atoms with Gasteiger partial charge in [0.05, 0.1) is 0 Å². The lowest BCUT2D eigenvalue weighted by Gasteiger charge is -2.27. The van der Waals surface area contributed by atoms with Crippen molar-refractivity contribution in [1.82, 2.24) is 5.32 Å². The van der Waals surface area contributed by atoms with E-state index >= 15 is 0 Å². The van der Waals surface area contributed by atoms with Gasteiger partial charge in [0.25, 0.3) is 0 Å². The van der Waals surface area contributed by atoms with E-state index in [1.165, 1.54) is 57.9 Å². The van der Waals surface area contributed by atoms with Gasteiger partial charge in [-0.2, -0.15) is 0 Å². The van der Waals surface area contributed by atoms with Crippen molar-refractivity contribution in [3.05, 3.63) is 0 Å². The molecule has 0 radical (unpaired) electrons. The van der Waals surface area contributed by atoms with Crippen molar-refractivity contribution in [3.8, 4) is 0 Å². The Labute approximate surface area is 96.0 Å². The molecular formula is C14H29N. The van der Waals surface area contributed by atoms with Crippen molar-refractivity contribution in [2.45, 2.75) is 78.2 Å². The predicted octanol–water partition coefficient (Wildman–Crippen LogP) is 4.13. The first-order chi connectivity index (χ1) is 7.20. The lowest BCUT2D eigenvalue weighted by atomic mass is 9.88. The Morgan fingerprint density at radius 3 is 2.07 bits per heavy atom. The van der Waals surface area contributed by atoms with Crippen molar-refractivity contribution in [2.24, 2.45) is 5.41 Å². The fraction of sp³-hybridized carbons (Fsp3) is 1.00. The van der Waals surface area contributed by atoms with Crippen molar-refractivity contribution in [1.29, 1.82) is 0 Å². The lowest BCUT2D eigenvalue weighted by molar-refractivity contribution is 0.286. The highest BCUT2D eigenvalue weighted by molar-refractivity contribution is 4.83. The van der Waals surface area contributed by atoms with Gasteiger partial charge in [-0.15, -0.1) is 0 Å². The van der Waals surface area contributed by atoms with Gasteiger partial charge in [0.1, 0.15) is 0 Å². The summed E-state index contributed by atoms with van der Waals surface area (Å²) in [7, 11) is 0. The highest BCUT2D eigenvalue weighted by Crippen LogP contribution is 2.36. The third-order valence-corrected chi connectivity index (χ3v) is 3.90. The summed E-state index contributed by atoms with van der Waals surface area (Å²) in [6.07, 6.45) is 11.1. The van der Waals surface area contributed by atoms with Crippen LogP contribution < -0.4 is 5.32 Å². The van der Waals surface area contributed by atoms with Crippen LogP contribution in [0.3, 0.4) is 0 Å². The Morgan fingerprint density at radius 2 is 1.60 bits per heavy atom. The zero-order chi connectivity index (χ0) is 11.1. The van der Waals surface area contributed by atoms with Crippen molar-refractivity contribution < 1.29 is 0 Å². The van der Waals surface area contributed by atoms with Gasteiger partial charge in [-0.05, 0) is 31.1 Å². The summed E-state index contributed by atoms with van der Waals surface area (Å²) in [6.45, 7) is 8.29. The maximum absolute atomic E-state index is 3.80. The Hall–Kier alpha value is -0.0400. The van der Waals surface area contributed by atoms with Crippen molar-refractivity contribution in [2.75, 3.05) is 6.54 Å². The standard InChI is InChI=1S/C14H29N/c1-4-8-13(9-5-2)15-12-14(3)10-6-7-11-14/h13,15H,4-12H2,1-3H3. The van der Waals surface area contributed by atoms with Gasteiger partial charge in [-0.1, -0.05) is 46.5 Å². The highest BCUT2D eigenvalue weighted by atomic mass is 14.9. The second kappa shape index (κ2) is 6.52. The first-order valence-electron chi connectivity index (χ1n) is 6.93. The van der Waals surface area contributed by atoms with E-state index in [-0.39, 0.29) is 0 Å². The van der Waals surface area contributed by atoms with E-state index < -0.39 is 0 Å². The average molecular weight is 211 g/mol. The Kier molecular flexibility index (Phi) is 5.66. The zero-order valence-corrected chi connectivity index (χ0v) is 10.9. The molecule has 0 unspecified atom stereocenters. The molecule has 1 aliphatic rings. The van der Waals surface area contributed by atoms with Crippen LogP contribution in [0.25, 0.3) is 0 Å². The summed E-state index contributed by atoms with van der Waals surface area (Å²) in [6, 6.07) is 0.775. The molecule has 0 aromatic heterocycles. The molecule has 0 spiro atoms. The molecule has 90 valence electrons. The second-order valence-electron chi connectivity index (χ2n) is 5.67. The molecule has 1 N–H and O–H groups in total. The fourth-order valence-electron chi connectivity index (χ4n) is 2.84. The van der Waals surface area contributed by atoms with Gasteiger partial charge >= 0.3 is 0 Å². The smallest absolute Gasteiger partial charge is 0.00670 e. The third kappa shape index (κ3) is 4.55. The van der Waals surface area contributed by atoms with Gasteiger partial charge in [-0.3, -0.25) is 0 Å². The molecule has 0 aromatic carbocycles. The summed E-state index contributed by atoms with van der Waals surface area (Å²) >= 11 is 0. The summed E-state index contributed by atoms with van der Waals surface area (Å²) in [4.78, 5) is 0. The molecule has 0 amide bonds. The number of hydrogen-bond acceptors (Lipinski definition) is 1. The number of rotatable bonds is 7. The zero-order valence-electron chi connectivity index (χ0n) is 10.9. The molecule has 1 fully saturated rings. The van der Waals surface area contributed by atoms with Gasteiger partial charge in [-0.25, -0.2) is 0 Å². The third-order valence-electron chi connectivity index (χ3n) is 3.90. The molecule has 1 rings (SSSR count). The summed E-state index contributed by atoms with van der Waals surface area (Å²) in [5.74, 6) is 0. The minimum Gasteiger partial charge on any atom is -0.313 e. The van der Waals surface area contributed by atoms with Crippen LogP contribution in [0.15, 0.2) is 0 Å². The molecule has 0 saturated heterocycles. The Morgan fingerprint density at radius 1 is 1.07 bits per heavy atom. The largest absolute Gasteiger partial charge is 0.313 e. The summed E-state index contributed by atoms with van der Waals surface area (Å²) in [5.41, 5.74) is 0.611. The van der Waals surface area contributed by atoms with Crippen LogP contribution in [-0.2, 0) is 0 Å². The minimum atomic E-state index is 0.611. The van der Waals surface area contributed by atoms with Crippen LogP contribution in [-0.4, -0.2) is 12.6 Å². The Balaban J connectivity index is 2.25. The molecule has 0 heterocycles. The fourth-order valence-corrected chi connectivity index (χ4v) is 2.84. The monoisotopic (exact) mass is 211 g/mol. The minimum absolute atomic E-state index is 0.611. The van der Waals surface area contributed by atoms with Crippen LogP contribution in [0.4, 0.5) is 0 Å². The van der Waals surface area contributed by atoms with Crippen molar-refractivity contribution in [3.63, 3.8) is 0 Å². The molecule has 1 saturated carbocycles. The normalized spacial score (nSPS) is 20.0. The van der Waals surface area contributed by atoms with Gasteiger partial charge in [0, 0.05) is 12.6 Å². The second-order valence-corrected chi connectivity index (χ2v) is 5.67. The molecule has 0 aromatic rings. The molecular weight excluding hydrogens is 182 g/mol. The van der Waals surface area contributed by atoms with E-state index in [0.717, 1.165) is 6.04 Å². The number of hydrogen-bond donors (Lipinski definition) is 1. The van der Waals surface area contributed by atoms with E-state index in [9.17, 15) is 0 Å². The van der Waals surface area contributed by atoms with Crippen molar-refractivity contribution >= 4 is 0 Å². The maximum Gasteiger partial charge on any atom is 0.00670 e. The maximum atomic E-state index is 3.80. The van der Waals surface area contributed by atoms with Crippen LogP contribution in [0.1, 0.15) is 72.1 Å². The van der Waals surface area contributed by atoms with Crippen LogP contribution in [0, 0.1) is 5.41 Å². The van der Waals surface area contributed by atoms with Gasteiger partial charge < -0.3 is 5.32 Å². The molecule has 0 aliphatic heterocycles. The van der Waals surface area contributed by atoms with Crippen LogP contribution in [0.5, 0.6) is 0 Å². The lowest BCUT2D eigenvalue weighted by Crippen LogP contribution is -2.37. The quantitative estimate of drug-likeness (QED) is 0.668. The first-order valence-corrected chi connectivity index (χ1v) is 6.93. The predicted molar refractivity (Wildman–Crippen MR) is 68.2 cm³/mol. The molecule has 1 heteroatoms. The SMILES string of the molecule is CCCC(CCC)NCC1(C)CCCC1. The number of nitrogens with one attached hydrogen (secondary N) is 1. The summed E-state index contributed by atoms with van der Waals surface area (Å²) in [5, 5.41) is 3.80. The first kappa shape index (κ1) is 13.0. The summed E-state index contributed by atoms with van der Waals surface area (Å²) < 4.78 is 0. The van der Waals surface area contributed by atoms with Crippen LogP contribution >= 0.6 is 0 Å². The molecule has 1 aliphatic carbocycles. The van der Waals surface area contributed by atoms with E-state index in [1.807, 2.05) is 0 Å². The highest BCUT2D eigenvalue weighted by Gasteiger charge is 2.28.